The minimum absolute atomic E-state index is 0.179. The lowest BCUT2D eigenvalue weighted by molar-refractivity contribution is -0.898. The molecule has 26 heavy (non-hydrogen) atoms. The number of hydrogen-bond acceptors (Lipinski definition) is 3. The van der Waals surface area contributed by atoms with Crippen molar-refractivity contribution in [2.75, 3.05) is 21.1 Å². The van der Waals surface area contributed by atoms with Crippen molar-refractivity contribution >= 4 is 5.97 Å². The Morgan fingerprint density at radius 2 is 1.46 bits per heavy atom. The van der Waals surface area contributed by atoms with Crippen LogP contribution in [0.1, 0.15) is 30.4 Å². The van der Waals surface area contributed by atoms with E-state index in [4.69, 9.17) is 4.74 Å². The number of benzene rings is 2. The lowest BCUT2D eigenvalue weighted by Crippen LogP contribution is -2.51. The first-order chi connectivity index (χ1) is 12.3. The van der Waals surface area contributed by atoms with Gasteiger partial charge in [-0.15, -0.1) is 0 Å². The maximum atomic E-state index is 13.2. The second kappa shape index (κ2) is 7.22. The molecule has 1 N–H and O–H groups in total. The van der Waals surface area contributed by atoms with E-state index < -0.39 is 11.6 Å². The van der Waals surface area contributed by atoms with Gasteiger partial charge < -0.3 is 14.3 Å². The van der Waals surface area contributed by atoms with Crippen LogP contribution in [-0.2, 0) is 15.1 Å². The Balaban J connectivity index is 1.94. The molecule has 1 aliphatic carbocycles. The fourth-order valence-electron chi connectivity index (χ4n) is 3.91. The third-order valence-corrected chi connectivity index (χ3v) is 5.35. The van der Waals surface area contributed by atoms with Crippen LogP contribution < -0.4 is 0 Å². The largest absolute Gasteiger partial charge is 0.453 e. The number of likely N-dealkylation sites (N-methyl/N-ethyl adjacent to an activating group) is 1. The van der Waals surface area contributed by atoms with Crippen molar-refractivity contribution in [3.05, 3.63) is 71.8 Å². The van der Waals surface area contributed by atoms with Crippen LogP contribution >= 0.6 is 0 Å². The van der Waals surface area contributed by atoms with E-state index in [1.807, 2.05) is 36.4 Å². The molecule has 0 aliphatic heterocycles. The van der Waals surface area contributed by atoms with Crippen LogP contribution in [0.25, 0.3) is 0 Å². The van der Waals surface area contributed by atoms with E-state index in [-0.39, 0.29) is 12.1 Å². The van der Waals surface area contributed by atoms with Gasteiger partial charge in [0.2, 0.25) is 5.60 Å². The lowest BCUT2D eigenvalue weighted by Gasteiger charge is -2.36. The number of hydrogen-bond donors (Lipinski definition) is 1. The molecular formula is C22H28NO3+. The molecule has 0 radical (unpaired) electrons. The molecule has 0 heterocycles. The summed E-state index contributed by atoms with van der Waals surface area (Å²) in [5, 5.41) is 11.5. The molecule has 0 amide bonds. The second-order valence-corrected chi connectivity index (χ2v) is 8.00. The minimum atomic E-state index is -1.81. The van der Waals surface area contributed by atoms with Gasteiger partial charge in [-0.25, -0.2) is 4.79 Å². The van der Waals surface area contributed by atoms with Gasteiger partial charge in [0.05, 0.1) is 21.1 Å². The van der Waals surface area contributed by atoms with Gasteiger partial charge in [-0.05, 0) is 24.0 Å². The number of aliphatic hydroxyl groups is 1. The molecule has 0 bridgehead atoms. The van der Waals surface area contributed by atoms with Crippen molar-refractivity contribution in [2.45, 2.75) is 37.0 Å². The van der Waals surface area contributed by atoms with E-state index in [1.54, 1.807) is 24.3 Å². The van der Waals surface area contributed by atoms with E-state index in [0.29, 0.717) is 11.1 Å². The van der Waals surface area contributed by atoms with Gasteiger partial charge in [-0.2, -0.15) is 0 Å². The predicted molar refractivity (Wildman–Crippen MR) is 101 cm³/mol. The van der Waals surface area contributed by atoms with Crippen LogP contribution in [0.4, 0.5) is 0 Å². The van der Waals surface area contributed by atoms with Gasteiger partial charge in [0.15, 0.2) is 6.10 Å². The highest BCUT2D eigenvalue weighted by Gasteiger charge is 2.46. The lowest BCUT2D eigenvalue weighted by atomic mass is 9.86. The van der Waals surface area contributed by atoms with Crippen LogP contribution in [0.3, 0.4) is 0 Å². The predicted octanol–water partition coefficient (Wildman–Crippen LogP) is 3.09. The fraction of sp³-hybridized carbons (Fsp3) is 0.409. The molecule has 2 aromatic rings. The molecule has 0 saturated heterocycles. The van der Waals surface area contributed by atoms with Crippen molar-refractivity contribution in [1.82, 2.24) is 0 Å². The first-order valence-corrected chi connectivity index (χ1v) is 9.19. The van der Waals surface area contributed by atoms with E-state index >= 15 is 0 Å². The SMILES string of the molecule is C[N+](C)(C)[C@H]1CCC[C@@H]1OC(=O)C(O)(c1ccccc1)c1ccccc1. The molecule has 4 nitrogen and oxygen atoms in total. The standard InChI is InChI=1S/C22H28NO3/c1-23(2,3)19-15-10-16-20(19)26-21(24)22(25,17-11-6-4-7-12-17)18-13-8-5-9-14-18/h4-9,11-14,19-20,25H,10,15-16H2,1-3H3/q+1/t19-,20-/m0/s1. The summed E-state index contributed by atoms with van der Waals surface area (Å²) < 4.78 is 6.66. The summed E-state index contributed by atoms with van der Waals surface area (Å²) in [5.41, 5.74) is -0.757. The molecular weight excluding hydrogens is 326 g/mol. The Morgan fingerprint density at radius 3 is 1.92 bits per heavy atom. The highest BCUT2D eigenvalue weighted by atomic mass is 16.6. The van der Waals surface area contributed by atoms with Crippen molar-refractivity contribution in [1.29, 1.82) is 0 Å². The van der Waals surface area contributed by atoms with Crippen molar-refractivity contribution < 1.29 is 19.1 Å². The normalized spacial score (nSPS) is 20.8. The first-order valence-electron chi connectivity index (χ1n) is 9.19. The van der Waals surface area contributed by atoms with Crippen LogP contribution in [0, 0.1) is 0 Å². The zero-order chi connectivity index (χ0) is 18.8. The molecule has 1 aliphatic rings. The molecule has 3 rings (SSSR count). The van der Waals surface area contributed by atoms with Crippen molar-refractivity contribution in [3.63, 3.8) is 0 Å². The summed E-state index contributed by atoms with van der Waals surface area (Å²) in [6.45, 7) is 0. The number of rotatable bonds is 5. The molecule has 0 unspecified atom stereocenters. The smallest absolute Gasteiger partial charge is 0.348 e. The Hall–Kier alpha value is -2.17. The van der Waals surface area contributed by atoms with Gasteiger partial charge in [0.25, 0.3) is 0 Å². The number of carbonyl (C=O) groups excluding carboxylic acids is 1. The van der Waals surface area contributed by atoms with Gasteiger partial charge in [0.1, 0.15) is 6.04 Å². The number of ether oxygens (including phenoxy) is 1. The number of esters is 1. The summed E-state index contributed by atoms with van der Waals surface area (Å²) >= 11 is 0. The average molecular weight is 354 g/mol. The third-order valence-electron chi connectivity index (χ3n) is 5.35. The number of nitrogens with zero attached hydrogens (tertiary/aromatic N) is 1. The topological polar surface area (TPSA) is 46.5 Å². The molecule has 138 valence electrons. The first kappa shape index (κ1) is 18.6. The third kappa shape index (κ3) is 3.53. The second-order valence-electron chi connectivity index (χ2n) is 8.00. The van der Waals surface area contributed by atoms with Gasteiger partial charge in [-0.3, -0.25) is 0 Å². The summed E-state index contributed by atoms with van der Waals surface area (Å²) in [6.07, 6.45) is 2.72. The molecule has 1 fully saturated rings. The molecule has 0 aromatic heterocycles. The van der Waals surface area contributed by atoms with E-state index in [2.05, 4.69) is 21.1 Å². The quantitative estimate of drug-likeness (QED) is 0.663. The summed E-state index contributed by atoms with van der Waals surface area (Å²) in [4.78, 5) is 13.2. The molecule has 1 saturated carbocycles. The zero-order valence-corrected chi connectivity index (χ0v) is 15.8. The van der Waals surface area contributed by atoms with Crippen LogP contribution in [0.2, 0.25) is 0 Å². The fourth-order valence-corrected chi connectivity index (χ4v) is 3.91. The number of carbonyl (C=O) groups is 1. The highest BCUT2D eigenvalue weighted by Crippen LogP contribution is 2.35. The summed E-state index contributed by atoms with van der Waals surface area (Å²) in [5.74, 6) is -0.597. The van der Waals surface area contributed by atoms with Gasteiger partial charge in [-0.1, -0.05) is 60.7 Å². The summed E-state index contributed by atoms with van der Waals surface area (Å²) in [7, 11) is 6.37. The number of quaternary nitrogens is 1. The molecule has 4 heteroatoms. The summed E-state index contributed by atoms with van der Waals surface area (Å²) in [6, 6.07) is 18.3. The van der Waals surface area contributed by atoms with Crippen molar-refractivity contribution in [2.24, 2.45) is 0 Å². The highest BCUT2D eigenvalue weighted by molar-refractivity contribution is 5.85. The monoisotopic (exact) mass is 354 g/mol. The molecule has 2 aromatic carbocycles. The average Bonchev–Trinajstić information content (AvgIpc) is 3.11. The molecule has 0 spiro atoms. The van der Waals surface area contributed by atoms with Crippen molar-refractivity contribution in [3.8, 4) is 0 Å². The Morgan fingerprint density at radius 1 is 0.962 bits per heavy atom. The minimum Gasteiger partial charge on any atom is -0.453 e. The Labute approximate surface area is 155 Å². The molecule has 2 atom stereocenters. The van der Waals surface area contributed by atoms with Gasteiger partial charge >= 0.3 is 5.97 Å². The Bertz CT molecular complexity index is 697. The maximum Gasteiger partial charge on any atom is 0.348 e. The van der Waals surface area contributed by atoms with Crippen LogP contribution in [0.5, 0.6) is 0 Å². The van der Waals surface area contributed by atoms with E-state index in [9.17, 15) is 9.90 Å². The zero-order valence-electron chi connectivity index (χ0n) is 15.8. The van der Waals surface area contributed by atoms with Gasteiger partial charge in [0, 0.05) is 6.42 Å². The van der Waals surface area contributed by atoms with E-state index in [0.717, 1.165) is 23.7 Å². The van der Waals surface area contributed by atoms with E-state index in [1.165, 1.54) is 0 Å². The maximum absolute atomic E-state index is 13.2. The Kier molecular flexibility index (Phi) is 5.17. The van der Waals surface area contributed by atoms with Crippen LogP contribution in [-0.4, -0.2) is 48.8 Å². The van der Waals surface area contributed by atoms with Crippen LogP contribution in [0.15, 0.2) is 60.7 Å².